The van der Waals surface area contributed by atoms with Gasteiger partial charge in [0.05, 0.1) is 30.2 Å². The fraction of sp³-hybridized carbons (Fsp3) is 0.375. The fourth-order valence-electron chi connectivity index (χ4n) is 3.96. The van der Waals surface area contributed by atoms with E-state index in [4.69, 9.17) is 4.74 Å². The van der Waals surface area contributed by atoms with Gasteiger partial charge in [-0.25, -0.2) is 23.1 Å². The summed E-state index contributed by atoms with van der Waals surface area (Å²) in [6.07, 6.45) is 1.96. The number of benzene rings is 1. The highest BCUT2D eigenvalue weighted by Gasteiger charge is 2.33. The van der Waals surface area contributed by atoms with E-state index >= 15 is 4.39 Å². The maximum absolute atomic E-state index is 15.0. The number of aromatic amines is 1. The van der Waals surface area contributed by atoms with Crippen LogP contribution in [0.4, 0.5) is 19.0 Å². The summed E-state index contributed by atoms with van der Waals surface area (Å²) in [5.41, 5.74) is 0.896. The molecule has 4 rings (SSSR count). The van der Waals surface area contributed by atoms with Crippen molar-refractivity contribution in [3.63, 3.8) is 0 Å². The molecule has 3 heterocycles. The topological polar surface area (TPSA) is 79.9 Å². The first kappa shape index (κ1) is 23.0. The van der Waals surface area contributed by atoms with E-state index in [1.165, 1.54) is 19.1 Å². The number of aromatic nitrogens is 3. The number of alkyl halides is 2. The van der Waals surface area contributed by atoms with Crippen LogP contribution in [0.5, 0.6) is 0 Å². The summed E-state index contributed by atoms with van der Waals surface area (Å²) in [5, 5.41) is 3.67. The van der Waals surface area contributed by atoms with E-state index in [1.54, 1.807) is 19.9 Å². The van der Waals surface area contributed by atoms with E-state index in [9.17, 15) is 13.6 Å². The Morgan fingerprint density at radius 2 is 2.09 bits per heavy atom. The molecule has 0 aliphatic carbocycles. The van der Waals surface area contributed by atoms with Crippen molar-refractivity contribution >= 4 is 22.4 Å². The quantitative estimate of drug-likeness (QED) is 0.528. The molecule has 1 aliphatic heterocycles. The number of rotatable bonds is 6. The van der Waals surface area contributed by atoms with Crippen molar-refractivity contribution in [1.29, 1.82) is 0 Å². The first-order valence-corrected chi connectivity index (χ1v) is 10.8. The third kappa shape index (κ3) is 4.50. The van der Waals surface area contributed by atoms with Gasteiger partial charge in [-0.05, 0) is 31.9 Å². The normalized spacial score (nSPS) is 15.4. The Hall–Kier alpha value is -3.20. The van der Waals surface area contributed by atoms with Crippen molar-refractivity contribution in [1.82, 2.24) is 15.0 Å². The van der Waals surface area contributed by atoms with Crippen LogP contribution in [0.2, 0.25) is 0 Å². The molecular weight excluding hydrogens is 433 g/mol. The SMILES string of the molecule is CCC(F)(F)c1cccc([C@@H](C)Nc2nc(C)nc3[nH]c(=O)c(C4=CCOCC4)cc23)c1F. The van der Waals surface area contributed by atoms with Crippen LogP contribution in [0.3, 0.4) is 0 Å². The van der Waals surface area contributed by atoms with Crippen LogP contribution in [0, 0.1) is 12.7 Å². The second-order valence-corrected chi connectivity index (χ2v) is 8.08. The van der Waals surface area contributed by atoms with Crippen LogP contribution in [-0.4, -0.2) is 28.2 Å². The lowest BCUT2D eigenvalue weighted by atomic mass is 9.98. The maximum Gasteiger partial charge on any atom is 0.275 e. The molecule has 33 heavy (non-hydrogen) atoms. The van der Waals surface area contributed by atoms with Crippen LogP contribution in [0.15, 0.2) is 35.1 Å². The largest absolute Gasteiger partial charge is 0.377 e. The van der Waals surface area contributed by atoms with E-state index in [0.29, 0.717) is 47.9 Å². The molecule has 0 amide bonds. The summed E-state index contributed by atoms with van der Waals surface area (Å²) in [6.45, 7) is 5.61. The molecule has 1 atom stereocenters. The second-order valence-electron chi connectivity index (χ2n) is 8.08. The number of nitrogens with zero attached hydrogens (tertiary/aromatic N) is 2. The zero-order valence-corrected chi connectivity index (χ0v) is 18.6. The third-order valence-corrected chi connectivity index (χ3v) is 5.82. The van der Waals surface area contributed by atoms with Gasteiger partial charge in [-0.2, -0.15) is 0 Å². The van der Waals surface area contributed by atoms with E-state index < -0.39 is 29.8 Å². The first-order chi connectivity index (χ1) is 15.7. The van der Waals surface area contributed by atoms with Gasteiger partial charge in [-0.1, -0.05) is 31.2 Å². The third-order valence-electron chi connectivity index (χ3n) is 5.82. The van der Waals surface area contributed by atoms with Crippen molar-refractivity contribution in [2.24, 2.45) is 0 Å². The van der Waals surface area contributed by atoms with Gasteiger partial charge in [0.25, 0.3) is 11.5 Å². The van der Waals surface area contributed by atoms with Crippen molar-refractivity contribution < 1.29 is 17.9 Å². The van der Waals surface area contributed by atoms with Gasteiger partial charge in [0.15, 0.2) is 0 Å². The minimum Gasteiger partial charge on any atom is -0.377 e. The highest BCUT2D eigenvalue weighted by Crippen LogP contribution is 2.36. The molecule has 0 saturated heterocycles. The van der Waals surface area contributed by atoms with E-state index in [0.717, 1.165) is 11.6 Å². The molecule has 0 saturated carbocycles. The molecule has 174 valence electrons. The highest BCUT2D eigenvalue weighted by molar-refractivity contribution is 5.89. The number of anilines is 1. The number of halogens is 3. The van der Waals surface area contributed by atoms with E-state index in [2.05, 4.69) is 20.3 Å². The number of pyridine rings is 1. The van der Waals surface area contributed by atoms with Crippen molar-refractivity contribution in [3.05, 3.63) is 69.0 Å². The predicted octanol–water partition coefficient (Wildman–Crippen LogP) is 5.24. The standard InChI is InChI=1S/C24H25F3N4O2/c1-4-24(26,27)19-7-5-6-16(20(19)25)13(2)28-21-18-12-17(15-8-10-33-11-9-15)23(32)31-22(18)30-14(3)29-21/h5-8,12-13H,4,9-11H2,1-3H3,(H2,28,29,30,31,32)/t13-/m1/s1. The van der Waals surface area contributed by atoms with Gasteiger partial charge in [0, 0.05) is 17.5 Å². The van der Waals surface area contributed by atoms with Gasteiger partial charge in [-0.15, -0.1) is 0 Å². The molecule has 0 bridgehead atoms. The summed E-state index contributed by atoms with van der Waals surface area (Å²) in [6, 6.07) is 5.04. The van der Waals surface area contributed by atoms with Crippen LogP contribution < -0.4 is 10.9 Å². The predicted molar refractivity (Wildman–Crippen MR) is 121 cm³/mol. The molecule has 1 aromatic carbocycles. The van der Waals surface area contributed by atoms with Crippen molar-refractivity contribution in [2.75, 3.05) is 18.5 Å². The van der Waals surface area contributed by atoms with Crippen molar-refractivity contribution in [3.8, 4) is 0 Å². The average molecular weight is 458 g/mol. The molecule has 0 unspecified atom stereocenters. The molecule has 2 aromatic heterocycles. The zero-order chi connectivity index (χ0) is 23.8. The molecule has 6 nitrogen and oxygen atoms in total. The average Bonchev–Trinajstić information content (AvgIpc) is 2.79. The fourth-order valence-corrected chi connectivity index (χ4v) is 3.96. The van der Waals surface area contributed by atoms with Gasteiger partial charge >= 0.3 is 0 Å². The molecule has 2 N–H and O–H groups in total. The molecular formula is C24H25F3N4O2. The number of H-pyrrole nitrogens is 1. The van der Waals surface area contributed by atoms with Gasteiger partial charge < -0.3 is 15.0 Å². The summed E-state index contributed by atoms with van der Waals surface area (Å²) < 4.78 is 48.8. The summed E-state index contributed by atoms with van der Waals surface area (Å²) in [5.74, 6) is -3.43. The van der Waals surface area contributed by atoms with Crippen LogP contribution in [0.25, 0.3) is 16.6 Å². The van der Waals surface area contributed by atoms with Gasteiger partial charge in [-0.3, -0.25) is 4.79 Å². The Morgan fingerprint density at radius 1 is 1.30 bits per heavy atom. The smallest absolute Gasteiger partial charge is 0.275 e. The summed E-state index contributed by atoms with van der Waals surface area (Å²) >= 11 is 0. The molecule has 0 fully saturated rings. The number of hydrogen-bond acceptors (Lipinski definition) is 5. The number of fused-ring (bicyclic) bond motifs is 1. The van der Waals surface area contributed by atoms with E-state index in [-0.39, 0.29) is 11.1 Å². The number of aryl methyl sites for hydroxylation is 1. The van der Waals surface area contributed by atoms with Crippen LogP contribution in [-0.2, 0) is 10.7 Å². The molecule has 3 aromatic rings. The number of nitrogens with one attached hydrogen (secondary N) is 2. The molecule has 1 aliphatic rings. The minimum absolute atomic E-state index is 0.0989. The molecule has 0 radical (unpaired) electrons. The Morgan fingerprint density at radius 3 is 2.79 bits per heavy atom. The monoisotopic (exact) mass is 458 g/mol. The van der Waals surface area contributed by atoms with Crippen LogP contribution in [0.1, 0.15) is 55.2 Å². The lowest BCUT2D eigenvalue weighted by Crippen LogP contribution is -2.19. The van der Waals surface area contributed by atoms with Gasteiger partial charge in [0.2, 0.25) is 0 Å². The van der Waals surface area contributed by atoms with E-state index in [1.807, 2.05) is 6.08 Å². The Labute approximate surface area is 188 Å². The Bertz CT molecular complexity index is 1290. The van der Waals surface area contributed by atoms with Crippen LogP contribution >= 0.6 is 0 Å². The Kier molecular flexibility index (Phi) is 6.25. The minimum atomic E-state index is -3.26. The lowest BCUT2D eigenvalue weighted by molar-refractivity contribution is -0.0119. The number of ether oxygens (including phenoxy) is 1. The highest BCUT2D eigenvalue weighted by atomic mass is 19.3. The van der Waals surface area contributed by atoms with Crippen molar-refractivity contribution in [2.45, 2.75) is 45.6 Å². The maximum atomic E-state index is 15.0. The molecule has 0 spiro atoms. The first-order valence-electron chi connectivity index (χ1n) is 10.8. The number of hydrogen-bond donors (Lipinski definition) is 2. The lowest BCUT2D eigenvalue weighted by Gasteiger charge is -2.21. The Balaban J connectivity index is 1.77. The summed E-state index contributed by atoms with van der Waals surface area (Å²) in [4.78, 5) is 24.2. The summed E-state index contributed by atoms with van der Waals surface area (Å²) in [7, 11) is 0. The zero-order valence-electron chi connectivity index (χ0n) is 18.6. The molecule has 9 heteroatoms. The van der Waals surface area contributed by atoms with Gasteiger partial charge in [0.1, 0.15) is 23.1 Å². The second kappa shape index (κ2) is 8.97.